The van der Waals surface area contributed by atoms with Crippen LogP contribution in [0.3, 0.4) is 0 Å². The SMILES string of the molecule is Cc1cccc(CN2CCC(C(=O)NCCC3=CCCCC3)CC2)c1. The molecule has 1 N–H and O–H groups in total. The van der Waals surface area contributed by atoms with Crippen molar-refractivity contribution in [2.45, 2.75) is 58.4 Å². The smallest absolute Gasteiger partial charge is 0.223 e. The lowest BCUT2D eigenvalue weighted by molar-refractivity contribution is -0.126. The molecule has 1 amide bonds. The van der Waals surface area contributed by atoms with E-state index >= 15 is 0 Å². The number of allylic oxidation sites excluding steroid dienone is 1. The zero-order chi connectivity index (χ0) is 17.5. The highest BCUT2D eigenvalue weighted by Crippen LogP contribution is 2.21. The van der Waals surface area contributed by atoms with E-state index in [1.54, 1.807) is 5.57 Å². The number of carbonyl (C=O) groups excluding carboxylic acids is 1. The van der Waals surface area contributed by atoms with E-state index in [0.717, 1.165) is 45.4 Å². The first-order valence-corrected chi connectivity index (χ1v) is 9.94. The molecule has 136 valence electrons. The van der Waals surface area contributed by atoms with Crippen LogP contribution in [0.2, 0.25) is 0 Å². The molecule has 0 aromatic heterocycles. The summed E-state index contributed by atoms with van der Waals surface area (Å²) in [5.74, 6) is 0.473. The van der Waals surface area contributed by atoms with Crippen molar-refractivity contribution in [3.63, 3.8) is 0 Å². The third kappa shape index (κ3) is 5.71. The van der Waals surface area contributed by atoms with E-state index in [1.807, 2.05) is 0 Å². The van der Waals surface area contributed by atoms with Crippen LogP contribution in [0.25, 0.3) is 0 Å². The second-order valence-corrected chi connectivity index (χ2v) is 7.69. The number of aryl methyl sites for hydroxylation is 1. The lowest BCUT2D eigenvalue weighted by atomic mass is 9.95. The number of hydrogen-bond donors (Lipinski definition) is 1. The molecule has 3 rings (SSSR count). The van der Waals surface area contributed by atoms with Crippen molar-refractivity contribution in [1.29, 1.82) is 0 Å². The quantitative estimate of drug-likeness (QED) is 0.787. The molecule has 2 aliphatic rings. The number of benzene rings is 1. The molecule has 25 heavy (non-hydrogen) atoms. The molecule has 1 aromatic rings. The number of hydrogen-bond acceptors (Lipinski definition) is 2. The normalized spacial score (nSPS) is 19.5. The zero-order valence-corrected chi connectivity index (χ0v) is 15.6. The van der Waals surface area contributed by atoms with Gasteiger partial charge in [0.2, 0.25) is 5.91 Å². The number of rotatable bonds is 6. The molecule has 3 heteroatoms. The van der Waals surface area contributed by atoms with Crippen LogP contribution in [0, 0.1) is 12.8 Å². The second kappa shape index (κ2) is 9.19. The van der Waals surface area contributed by atoms with Gasteiger partial charge in [-0.2, -0.15) is 0 Å². The number of piperidine rings is 1. The summed E-state index contributed by atoms with van der Waals surface area (Å²) < 4.78 is 0. The molecule has 1 aliphatic carbocycles. The standard InChI is InChI=1S/C22H32N2O/c1-18-6-5-9-20(16-18)17-24-14-11-21(12-15-24)22(25)23-13-10-19-7-3-2-4-8-19/h5-7,9,16,21H,2-4,8,10-15,17H2,1H3,(H,23,25). The first kappa shape index (κ1) is 18.2. The van der Waals surface area contributed by atoms with E-state index in [9.17, 15) is 4.79 Å². The summed E-state index contributed by atoms with van der Waals surface area (Å²) in [5, 5.41) is 3.17. The predicted octanol–water partition coefficient (Wildman–Crippen LogP) is 4.21. The van der Waals surface area contributed by atoms with Gasteiger partial charge in [-0.05, 0) is 70.5 Å². The van der Waals surface area contributed by atoms with Crippen LogP contribution in [0.15, 0.2) is 35.9 Å². The highest BCUT2D eigenvalue weighted by molar-refractivity contribution is 5.78. The molecular weight excluding hydrogens is 308 g/mol. The minimum atomic E-state index is 0.203. The summed E-state index contributed by atoms with van der Waals surface area (Å²) in [6, 6.07) is 8.74. The average Bonchev–Trinajstić information content (AvgIpc) is 2.63. The lowest BCUT2D eigenvalue weighted by Crippen LogP contribution is -2.40. The maximum Gasteiger partial charge on any atom is 0.223 e. The first-order chi connectivity index (χ1) is 12.2. The summed E-state index contributed by atoms with van der Waals surface area (Å²) in [5.41, 5.74) is 4.24. The Bertz CT molecular complexity index is 600. The summed E-state index contributed by atoms with van der Waals surface area (Å²) in [4.78, 5) is 14.9. The Morgan fingerprint density at radius 3 is 2.80 bits per heavy atom. The molecule has 0 spiro atoms. The van der Waals surface area contributed by atoms with E-state index in [1.165, 1.54) is 36.8 Å². The molecule has 0 bridgehead atoms. The number of carbonyl (C=O) groups is 1. The maximum atomic E-state index is 12.4. The van der Waals surface area contributed by atoms with Crippen molar-refractivity contribution in [1.82, 2.24) is 10.2 Å². The van der Waals surface area contributed by atoms with Crippen molar-refractivity contribution >= 4 is 5.91 Å². The average molecular weight is 341 g/mol. The Morgan fingerprint density at radius 2 is 2.08 bits per heavy atom. The second-order valence-electron chi connectivity index (χ2n) is 7.69. The van der Waals surface area contributed by atoms with Crippen molar-refractivity contribution in [2.24, 2.45) is 5.92 Å². The molecule has 0 atom stereocenters. The van der Waals surface area contributed by atoms with Crippen LogP contribution in [0.1, 0.15) is 56.1 Å². The molecular formula is C22H32N2O. The Balaban J connectivity index is 1.36. The molecule has 1 aromatic carbocycles. The van der Waals surface area contributed by atoms with Gasteiger partial charge in [-0.3, -0.25) is 9.69 Å². The van der Waals surface area contributed by atoms with E-state index in [0.29, 0.717) is 0 Å². The summed E-state index contributed by atoms with van der Waals surface area (Å²) in [6.45, 7) is 6.01. The Kier molecular flexibility index (Phi) is 6.69. The first-order valence-electron chi connectivity index (χ1n) is 9.94. The van der Waals surface area contributed by atoms with E-state index in [4.69, 9.17) is 0 Å². The highest BCUT2D eigenvalue weighted by Gasteiger charge is 2.24. The monoisotopic (exact) mass is 340 g/mol. The molecule has 3 nitrogen and oxygen atoms in total. The van der Waals surface area contributed by atoms with Crippen LogP contribution in [0.5, 0.6) is 0 Å². The van der Waals surface area contributed by atoms with Crippen LogP contribution < -0.4 is 5.32 Å². The third-order valence-corrected chi connectivity index (χ3v) is 5.58. The van der Waals surface area contributed by atoms with Gasteiger partial charge in [-0.1, -0.05) is 41.5 Å². The van der Waals surface area contributed by atoms with Crippen molar-refractivity contribution in [2.75, 3.05) is 19.6 Å². The summed E-state index contributed by atoms with van der Waals surface area (Å²) >= 11 is 0. The van der Waals surface area contributed by atoms with Gasteiger partial charge >= 0.3 is 0 Å². The van der Waals surface area contributed by atoms with Gasteiger partial charge in [-0.25, -0.2) is 0 Å². The highest BCUT2D eigenvalue weighted by atomic mass is 16.1. The van der Waals surface area contributed by atoms with Gasteiger partial charge in [0.15, 0.2) is 0 Å². The third-order valence-electron chi connectivity index (χ3n) is 5.58. The van der Waals surface area contributed by atoms with E-state index in [-0.39, 0.29) is 11.8 Å². The Morgan fingerprint density at radius 1 is 1.24 bits per heavy atom. The number of nitrogens with one attached hydrogen (secondary N) is 1. The predicted molar refractivity (Wildman–Crippen MR) is 103 cm³/mol. The van der Waals surface area contributed by atoms with Gasteiger partial charge in [0.05, 0.1) is 0 Å². The van der Waals surface area contributed by atoms with Crippen LogP contribution in [-0.2, 0) is 11.3 Å². The molecule has 1 aliphatic heterocycles. The summed E-state index contributed by atoms with van der Waals surface area (Å²) in [6.07, 6.45) is 10.5. The zero-order valence-electron chi connectivity index (χ0n) is 15.6. The van der Waals surface area contributed by atoms with Gasteiger partial charge in [0.1, 0.15) is 0 Å². The fourth-order valence-electron chi connectivity index (χ4n) is 4.04. The number of nitrogens with zero attached hydrogens (tertiary/aromatic N) is 1. The van der Waals surface area contributed by atoms with Gasteiger partial charge in [0, 0.05) is 19.0 Å². The topological polar surface area (TPSA) is 32.3 Å². The summed E-state index contributed by atoms with van der Waals surface area (Å²) in [7, 11) is 0. The van der Waals surface area contributed by atoms with Crippen molar-refractivity contribution in [3.8, 4) is 0 Å². The minimum absolute atomic E-state index is 0.203. The van der Waals surface area contributed by atoms with Crippen LogP contribution in [-0.4, -0.2) is 30.4 Å². The molecule has 1 saturated heterocycles. The number of amides is 1. The maximum absolute atomic E-state index is 12.4. The molecule has 0 unspecified atom stereocenters. The minimum Gasteiger partial charge on any atom is -0.356 e. The number of likely N-dealkylation sites (tertiary alicyclic amines) is 1. The Labute approximate surface area is 152 Å². The van der Waals surface area contributed by atoms with Crippen molar-refractivity contribution in [3.05, 3.63) is 47.0 Å². The van der Waals surface area contributed by atoms with Gasteiger partial charge in [0.25, 0.3) is 0 Å². The van der Waals surface area contributed by atoms with Crippen molar-refractivity contribution < 1.29 is 4.79 Å². The van der Waals surface area contributed by atoms with Gasteiger partial charge < -0.3 is 5.32 Å². The molecule has 1 heterocycles. The van der Waals surface area contributed by atoms with E-state index in [2.05, 4.69) is 47.5 Å². The molecule has 0 saturated carbocycles. The molecule has 1 fully saturated rings. The van der Waals surface area contributed by atoms with E-state index < -0.39 is 0 Å². The fourth-order valence-corrected chi connectivity index (χ4v) is 4.04. The van der Waals surface area contributed by atoms with Crippen LogP contribution >= 0.6 is 0 Å². The van der Waals surface area contributed by atoms with Gasteiger partial charge in [-0.15, -0.1) is 0 Å². The molecule has 0 radical (unpaired) electrons. The largest absolute Gasteiger partial charge is 0.356 e. The Hall–Kier alpha value is -1.61. The fraction of sp³-hybridized carbons (Fsp3) is 0.591. The lowest BCUT2D eigenvalue weighted by Gasteiger charge is -2.31. The van der Waals surface area contributed by atoms with Crippen LogP contribution in [0.4, 0.5) is 0 Å².